The Labute approximate surface area is 390 Å². The van der Waals surface area contributed by atoms with Crippen molar-refractivity contribution in [2.45, 2.75) is 5.41 Å². The lowest BCUT2D eigenvalue weighted by Crippen LogP contribution is -2.28. The average Bonchev–Trinajstić information content (AvgIpc) is 3.71. The number of rotatable bonds is 7. The number of fused-ring (bicyclic) bond motifs is 7. The van der Waals surface area contributed by atoms with Gasteiger partial charge in [0.2, 0.25) is 0 Å². The van der Waals surface area contributed by atoms with Crippen LogP contribution in [-0.4, -0.2) is 9.97 Å². The van der Waals surface area contributed by atoms with Crippen molar-refractivity contribution in [1.82, 2.24) is 9.97 Å². The minimum atomic E-state index is -0.475. The second-order valence-corrected chi connectivity index (χ2v) is 17.6. The molecule has 67 heavy (non-hydrogen) atoms. The third-order valence-electron chi connectivity index (χ3n) is 13.9. The Hall–Kier alpha value is -8.72. The van der Waals surface area contributed by atoms with E-state index in [0.29, 0.717) is 5.82 Å². The molecule has 13 rings (SSSR count). The Morgan fingerprint density at radius 1 is 0.269 bits per heavy atom. The Morgan fingerprint density at radius 3 is 1.57 bits per heavy atom. The summed E-state index contributed by atoms with van der Waals surface area (Å²) in [6.45, 7) is 0. The summed E-state index contributed by atoms with van der Waals surface area (Å²) in [4.78, 5) is 10.8. The highest BCUT2D eigenvalue weighted by Crippen LogP contribution is 2.56. The van der Waals surface area contributed by atoms with Gasteiger partial charge in [-0.05, 0) is 112 Å². The van der Waals surface area contributed by atoms with Crippen molar-refractivity contribution in [3.63, 3.8) is 0 Å². The fraction of sp³-hybridized carbons (Fsp3) is 0.0154. The Kier molecular flexibility index (Phi) is 9.11. The van der Waals surface area contributed by atoms with E-state index in [2.05, 4.69) is 255 Å². The maximum Gasteiger partial charge on any atom is 0.160 e. The van der Waals surface area contributed by atoms with Gasteiger partial charge >= 0.3 is 0 Å². The first-order valence-corrected chi connectivity index (χ1v) is 23.1. The van der Waals surface area contributed by atoms with E-state index in [-0.39, 0.29) is 0 Å². The predicted molar refractivity (Wildman–Crippen MR) is 279 cm³/mol. The number of aromatic nitrogens is 2. The van der Waals surface area contributed by atoms with Crippen molar-refractivity contribution >= 4 is 32.3 Å². The van der Waals surface area contributed by atoms with Crippen LogP contribution in [0, 0.1) is 0 Å². The number of hydrogen-bond acceptors (Lipinski definition) is 2. The molecular formula is C65H42N2. The standard InChI is InChI=1S/C65H42N2/c1-4-17-43(18-5-1)47-21-16-22-49(39-47)61-42-62(50-36-38-60-58(41-50)55-29-14-15-30-59(55)65(60,51-23-6-2-7-24-51)52-25-8-3-9-26-52)67-64(66-61)46-33-31-45(32-34-46)63-54-28-13-11-20-48(54)40-57-53-27-12-10-19-44(53)35-37-56(57)63/h1-42H. The minimum absolute atomic E-state index is 0.475. The lowest BCUT2D eigenvalue weighted by atomic mass is 9.67. The quantitative estimate of drug-likeness (QED) is 0.118. The average molecular weight is 851 g/mol. The molecule has 0 spiro atoms. The normalized spacial score (nSPS) is 12.6. The van der Waals surface area contributed by atoms with Gasteiger partial charge in [-0.15, -0.1) is 0 Å². The lowest BCUT2D eigenvalue weighted by Gasteiger charge is -2.33. The zero-order valence-corrected chi connectivity index (χ0v) is 36.6. The third kappa shape index (κ3) is 6.33. The van der Waals surface area contributed by atoms with Gasteiger partial charge in [0.05, 0.1) is 16.8 Å². The summed E-state index contributed by atoms with van der Waals surface area (Å²) in [5, 5.41) is 7.47. The number of benzene rings is 11. The molecule has 0 aliphatic heterocycles. The zero-order valence-electron chi connectivity index (χ0n) is 36.6. The Bertz CT molecular complexity index is 3800. The van der Waals surface area contributed by atoms with Gasteiger partial charge in [-0.3, -0.25) is 0 Å². The zero-order chi connectivity index (χ0) is 44.3. The van der Waals surface area contributed by atoms with Crippen molar-refractivity contribution in [1.29, 1.82) is 0 Å². The molecule has 0 saturated carbocycles. The molecule has 1 aliphatic carbocycles. The number of hydrogen-bond donors (Lipinski definition) is 0. The van der Waals surface area contributed by atoms with Crippen LogP contribution in [0.4, 0.5) is 0 Å². The van der Waals surface area contributed by atoms with Gasteiger partial charge in [0.15, 0.2) is 5.82 Å². The van der Waals surface area contributed by atoms with E-state index in [9.17, 15) is 0 Å². The highest BCUT2D eigenvalue weighted by molar-refractivity contribution is 6.20. The smallest absolute Gasteiger partial charge is 0.160 e. The van der Waals surface area contributed by atoms with E-state index in [1.54, 1.807) is 0 Å². The summed E-state index contributed by atoms with van der Waals surface area (Å²) in [6, 6.07) is 92.4. The van der Waals surface area contributed by atoms with E-state index in [0.717, 1.165) is 39.2 Å². The van der Waals surface area contributed by atoms with Crippen LogP contribution in [0.15, 0.2) is 255 Å². The highest BCUT2D eigenvalue weighted by Gasteiger charge is 2.46. The van der Waals surface area contributed by atoms with Gasteiger partial charge in [0.1, 0.15) is 0 Å². The summed E-state index contributed by atoms with van der Waals surface area (Å²) < 4.78 is 0. The van der Waals surface area contributed by atoms with Gasteiger partial charge in [-0.1, -0.05) is 231 Å². The minimum Gasteiger partial charge on any atom is -0.228 e. The van der Waals surface area contributed by atoms with Gasteiger partial charge in [0.25, 0.3) is 0 Å². The van der Waals surface area contributed by atoms with Crippen LogP contribution >= 0.6 is 0 Å². The molecule has 11 aromatic carbocycles. The topological polar surface area (TPSA) is 25.8 Å². The lowest BCUT2D eigenvalue weighted by molar-refractivity contribution is 0.768. The fourth-order valence-corrected chi connectivity index (χ4v) is 10.9. The van der Waals surface area contributed by atoms with Gasteiger partial charge in [0, 0.05) is 16.7 Å². The first kappa shape index (κ1) is 38.7. The Balaban J connectivity index is 0.988. The second kappa shape index (κ2) is 15.8. The highest BCUT2D eigenvalue weighted by atomic mass is 14.9. The predicted octanol–water partition coefficient (Wildman–Crippen LogP) is 16.6. The summed E-state index contributed by atoms with van der Waals surface area (Å²) in [6.07, 6.45) is 0. The molecule has 0 fully saturated rings. The molecular weight excluding hydrogens is 809 g/mol. The van der Waals surface area contributed by atoms with Crippen molar-refractivity contribution in [3.05, 3.63) is 277 Å². The molecule has 312 valence electrons. The summed E-state index contributed by atoms with van der Waals surface area (Å²) in [7, 11) is 0. The number of nitrogens with zero attached hydrogens (tertiary/aromatic N) is 2. The molecule has 0 amide bonds. The van der Waals surface area contributed by atoms with Crippen molar-refractivity contribution in [2.75, 3.05) is 0 Å². The Morgan fingerprint density at radius 2 is 0.821 bits per heavy atom. The summed E-state index contributed by atoms with van der Waals surface area (Å²) in [5.41, 5.74) is 16.5. The molecule has 0 N–H and O–H groups in total. The molecule has 12 aromatic rings. The van der Waals surface area contributed by atoms with Gasteiger partial charge in [-0.2, -0.15) is 0 Å². The van der Waals surface area contributed by atoms with Crippen LogP contribution in [0.1, 0.15) is 22.3 Å². The van der Waals surface area contributed by atoms with Crippen LogP contribution < -0.4 is 0 Å². The molecule has 0 unspecified atom stereocenters. The molecule has 0 atom stereocenters. The van der Waals surface area contributed by atoms with E-state index < -0.39 is 5.41 Å². The van der Waals surface area contributed by atoms with E-state index >= 15 is 0 Å². The molecule has 0 bridgehead atoms. The maximum absolute atomic E-state index is 5.44. The maximum atomic E-state index is 5.44. The third-order valence-corrected chi connectivity index (χ3v) is 13.9. The molecule has 0 radical (unpaired) electrons. The SMILES string of the molecule is c1ccc(-c2cccc(-c3cc(-c4ccc5c(c4)-c4ccccc4C5(c4ccccc4)c4ccccc4)nc(-c4ccc(-c5c6ccccc6cc6c5ccc5ccccc56)cc4)n3)c2)cc1. The van der Waals surface area contributed by atoms with Crippen molar-refractivity contribution in [3.8, 4) is 67.3 Å². The molecule has 2 nitrogen and oxygen atoms in total. The molecule has 1 aliphatic rings. The summed E-state index contributed by atoms with van der Waals surface area (Å²) >= 11 is 0. The van der Waals surface area contributed by atoms with E-state index in [1.165, 1.54) is 76.8 Å². The first-order chi connectivity index (χ1) is 33.2. The van der Waals surface area contributed by atoms with Crippen molar-refractivity contribution in [2.24, 2.45) is 0 Å². The monoisotopic (exact) mass is 850 g/mol. The first-order valence-electron chi connectivity index (χ1n) is 23.1. The van der Waals surface area contributed by atoms with Gasteiger partial charge in [-0.25, -0.2) is 9.97 Å². The van der Waals surface area contributed by atoms with Crippen LogP contribution in [0.5, 0.6) is 0 Å². The van der Waals surface area contributed by atoms with Crippen LogP contribution in [0.3, 0.4) is 0 Å². The van der Waals surface area contributed by atoms with Gasteiger partial charge < -0.3 is 0 Å². The molecule has 1 aromatic heterocycles. The van der Waals surface area contributed by atoms with E-state index in [4.69, 9.17) is 9.97 Å². The second-order valence-electron chi connectivity index (χ2n) is 17.6. The largest absolute Gasteiger partial charge is 0.228 e. The van der Waals surface area contributed by atoms with Crippen LogP contribution in [0.2, 0.25) is 0 Å². The molecule has 1 heterocycles. The summed E-state index contributed by atoms with van der Waals surface area (Å²) in [5.74, 6) is 0.682. The fourth-order valence-electron chi connectivity index (χ4n) is 10.9. The van der Waals surface area contributed by atoms with E-state index in [1.807, 2.05) is 0 Å². The van der Waals surface area contributed by atoms with Crippen LogP contribution in [-0.2, 0) is 5.41 Å². The van der Waals surface area contributed by atoms with Crippen molar-refractivity contribution < 1.29 is 0 Å². The van der Waals surface area contributed by atoms with Crippen LogP contribution in [0.25, 0.3) is 99.6 Å². The molecule has 0 saturated heterocycles. The molecule has 2 heteroatoms.